The first-order valence-electron chi connectivity index (χ1n) is 6.32. The number of nitro benzene ring substituents is 1. The molecule has 0 atom stereocenters. The summed E-state index contributed by atoms with van der Waals surface area (Å²) >= 11 is 0. The smallest absolute Gasteiger partial charge is 0.287 e. The minimum atomic E-state index is -0.543. The summed E-state index contributed by atoms with van der Waals surface area (Å²) in [4.78, 5) is 12.3. The highest BCUT2D eigenvalue weighted by atomic mass is 16.6. The van der Waals surface area contributed by atoms with E-state index in [2.05, 4.69) is 24.1 Å². The lowest BCUT2D eigenvalue weighted by molar-refractivity contribution is -0.385. The van der Waals surface area contributed by atoms with Crippen molar-refractivity contribution in [2.75, 3.05) is 32.5 Å². The summed E-state index contributed by atoms with van der Waals surface area (Å²) in [5, 5.41) is 22.9. The van der Waals surface area contributed by atoms with E-state index >= 15 is 0 Å². The van der Waals surface area contributed by atoms with Gasteiger partial charge in [0.05, 0.1) is 4.92 Å². The van der Waals surface area contributed by atoms with Gasteiger partial charge in [0.25, 0.3) is 5.69 Å². The van der Waals surface area contributed by atoms with Crippen molar-refractivity contribution in [3.63, 3.8) is 0 Å². The molecule has 20 heavy (non-hydrogen) atoms. The average molecular weight is 276 g/mol. The van der Waals surface area contributed by atoms with Crippen molar-refractivity contribution in [2.45, 2.75) is 13.8 Å². The van der Waals surface area contributed by atoms with Crippen molar-refractivity contribution in [2.24, 2.45) is 5.41 Å². The molecule has 0 aliphatic carbocycles. The third kappa shape index (κ3) is 4.52. The normalized spacial score (nSPS) is 11.2. The van der Waals surface area contributed by atoms with E-state index in [-0.39, 0.29) is 16.7 Å². The van der Waals surface area contributed by atoms with E-state index < -0.39 is 4.92 Å². The Morgan fingerprint density at radius 2 is 2.10 bits per heavy atom. The van der Waals surface area contributed by atoms with Crippen LogP contribution in [0.2, 0.25) is 0 Å². The van der Waals surface area contributed by atoms with Crippen LogP contribution in [0.4, 0.5) is 11.4 Å². The van der Waals surface area contributed by atoms with Gasteiger partial charge < -0.3 is 10.2 Å². The summed E-state index contributed by atoms with van der Waals surface area (Å²) < 4.78 is 0. The van der Waals surface area contributed by atoms with Crippen LogP contribution in [-0.4, -0.2) is 37.0 Å². The lowest BCUT2D eigenvalue weighted by Crippen LogP contribution is -2.34. The van der Waals surface area contributed by atoms with Gasteiger partial charge in [-0.3, -0.25) is 10.1 Å². The molecule has 0 unspecified atom stereocenters. The molecule has 1 aromatic carbocycles. The maximum absolute atomic E-state index is 10.8. The molecule has 0 aromatic heterocycles. The number of hydrogen-bond donors (Lipinski definition) is 1. The van der Waals surface area contributed by atoms with Gasteiger partial charge in [-0.25, -0.2) is 0 Å². The van der Waals surface area contributed by atoms with Gasteiger partial charge in [0.2, 0.25) is 0 Å². The zero-order valence-corrected chi connectivity index (χ0v) is 12.3. The SMILES string of the molecule is CN(C)CC(C)(C)CNc1ccc([N+](=O)[O-])c(C#N)c1. The molecule has 108 valence electrons. The van der Waals surface area contributed by atoms with Crippen LogP contribution in [0.5, 0.6) is 0 Å². The van der Waals surface area contributed by atoms with E-state index in [1.54, 1.807) is 6.07 Å². The van der Waals surface area contributed by atoms with Gasteiger partial charge in [0, 0.05) is 24.8 Å². The van der Waals surface area contributed by atoms with Crippen molar-refractivity contribution in [1.82, 2.24) is 4.90 Å². The molecule has 6 heteroatoms. The monoisotopic (exact) mass is 276 g/mol. The lowest BCUT2D eigenvalue weighted by atomic mass is 9.93. The van der Waals surface area contributed by atoms with Crippen LogP contribution in [0, 0.1) is 26.9 Å². The van der Waals surface area contributed by atoms with Crippen molar-refractivity contribution < 1.29 is 4.92 Å². The lowest BCUT2D eigenvalue weighted by Gasteiger charge is -2.28. The van der Waals surface area contributed by atoms with Crippen molar-refractivity contribution in [3.05, 3.63) is 33.9 Å². The van der Waals surface area contributed by atoms with Crippen LogP contribution in [0.3, 0.4) is 0 Å². The first kappa shape index (κ1) is 15.9. The molecule has 0 saturated carbocycles. The standard InChI is InChI=1S/C14H20N4O2/c1-14(2,10-17(3)4)9-16-12-5-6-13(18(19)20)11(7-12)8-15/h5-7,16H,9-10H2,1-4H3. The summed E-state index contributed by atoms with van der Waals surface area (Å²) in [6, 6.07) is 6.37. The molecular formula is C14H20N4O2. The topological polar surface area (TPSA) is 82.2 Å². The van der Waals surface area contributed by atoms with Gasteiger partial charge in [-0.1, -0.05) is 13.8 Å². The van der Waals surface area contributed by atoms with Crippen LogP contribution >= 0.6 is 0 Å². The zero-order chi connectivity index (χ0) is 15.3. The fourth-order valence-electron chi connectivity index (χ4n) is 2.15. The first-order valence-corrected chi connectivity index (χ1v) is 6.32. The van der Waals surface area contributed by atoms with Crippen molar-refractivity contribution in [3.8, 4) is 6.07 Å². The number of rotatable bonds is 6. The van der Waals surface area contributed by atoms with Crippen LogP contribution < -0.4 is 5.32 Å². The number of nitrogens with one attached hydrogen (secondary N) is 1. The second-order valence-corrected chi connectivity index (χ2v) is 5.86. The molecule has 1 rings (SSSR count). The number of benzene rings is 1. The summed E-state index contributed by atoms with van der Waals surface area (Å²) in [7, 11) is 4.03. The highest BCUT2D eigenvalue weighted by Gasteiger charge is 2.19. The summed E-state index contributed by atoms with van der Waals surface area (Å²) in [5.74, 6) is 0. The van der Waals surface area contributed by atoms with Gasteiger partial charge >= 0.3 is 0 Å². The Labute approximate surface area is 119 Å². The fourth-order valence-corrected chi connectivity index (χ4v) is 2.15. The highest BCUT2D eigenvalue weighted by molar-refractivity contribution is 5.58. The van der Waals surface area contributed by atoms with Crippen LogP contribution in [0.1, 0.15) is 19.4 Å². The van der Waals surface area contributed by atoms with E-state index in [0.29, 0.717) is 6.54 Å². The van der Waals surface area contributed by atoms with E-state index in [1.165, 1.54) is 12.1 Å². The molecule has 1 aromatic rings. The van der Waals surface area contributed by atoms with Crippen LogP contribution in [-0.2, 0) is 0 Å². The second kappa shape index (κ2) is 6.35. The summed E-state index contributed by atoms with van der Waals surface area (Å²) in [5.41, 5.74) is 0.688. The zero-order valence-electron chi connectivity index (χ0n) is 12.3. The van der Waals surface area contributed by atoms with Crippen molar-refractivity contribution >= 4 is 11.4 Å². The molecule has 0 radical (unpaired) electrons. The minimum absolute atomic E-state index is 0.0537. The van der Waals surface area contributed by atoms with E-state index in [9.17, 15) is 10.1 Å². The number of anilines is 1. The molecule has 0 saturated heterocycles. The molecule has 6 nitrogen and oxygen atoms in total. The van der Waals surface area contributed by atoms with E-state index in [4.69, 9.17) is 5.26 Å². The fraction of sp³-hybridized carbons (Fsp3) is 0.500. The third-order valence-electron chi connectivity index (χ3n) is 2.83. The van der Waals surface area contributed by atoms with Crippen molar-refractivity contribution in [1.29, 1.82) is 5.26 Å². The Morgan fingerprint density at radius 3 is 2.60 bits per heavy atom. The molecule has 1 N–H and O–H groups in total. The molecule has 0 heterocycles. The first-order chi connectivity index (χ1) is 9.25. The minimum Gasteiger partial charge on any atom is -0.384 e. The maximum atomic E-state index is 10.8. The Bertz CT molecular complexity index is 532. The molecule has 0 aliphatic rings. The Morgan fingerprint density at radius 1 is 1.45 bits per heavy atom. The highest BCUT2D eigenvalue weighted by Crippen LogP contribution is 2.23. The number of nitriles is 1. The molecule has 0 bridgehead atoms. The third-order valence-corrected chi connectivity index (χ3v) is 2.83. The van der Waals surface area contributed by atoms with Gasteiger partial charge in [-0.15, -0.1) is 0 Å². The van der Waals surface area contributed by atoms with Gasteiger partial charge in [-0.05, 0) is 31.6 Å². The summed E-state index contributed by atoms with van der Waals surface area (Å²) in [6.45, 7) is 5.90. The van der Waals surface area contributed by atoms with Gasteiger partial charge in [0.1, 0.15) is 11.6 Å². The largest absolute Gasteiger partial charge is 0.384 e. The number of hydrogen-bond acceptors (Lipinski definition) is 5. The Hall–Kier alpha value is -2.13. The van der Waals surface area contributed by atoms with E-state index in [1.807, 2.05) is 20.2 Å². The van der Waals surface area contributed by atoms with Crippen LogP contribution in [0.25, 0.3) is 0 Å². The molecule has 0 spiro atoms. The Balaban J connectivity index is 2.80. The van der Waals surface area contributed by atoms with Crippen LogP contribution in [0.15, 0.2) is 18.2 Å². The van der Waals surface area contributed by atoms with Gasteiger partial charge in [0.15, 0.2) is 0 Å². The predicted molar refractivity (Wildman–Crippen MR) is 78.6 cm³/mol. The molecule has 0 fully saturated rings. The molecule has 0 aliphatic heterocycles. The number of nitro groups is 1. The quantitative estimate of drug-likeness (QED) is 0.637. The molecule has 0 amide bonds. The maximum Gasteiger partial charge on any atom is 0.287 e. The predicted octanol–water partition coefficient (Wildman–Crippen LogP) is 2.47. The van der Waals surface area contributed by atoms with E-state index in [0.717, 1.165) is 12.2 Å². The summed E-state index contributed by atoms with van der Waals surface area (Å²) in [6.07, 6.45) is 0. The van der Waals surface area contributed by atoms with Gasteiger partial charge in [-0.2, -0.15) is 5.26 Å². The Kier molecular flexibility index (Phi) is 5.06. The molecular weight excluding hydrogens is 256 g/mol. The average Bonchev–Trinajstić information content (AvgIpc) is 2.34. The second-order valence-electron chi connectivity index (χ2n) is 5.86. The number of nitrogens with zero attached hydrogens (tertiary/aromatic N) is 3.